The average molecular weight is 308 g/mol. The molecule has 0 saturated heterocycles. The summed E-state index contributed by atoms with van der Waals surface area (Å²) in [5.74, 6) is 2.38. The van der Waals surface area contributed by atoms with Crippen LogP contribution in [0.25, 0.3) is 0 Å². The van der Waals surface area contributed by atoms with Crippen LogP contribution in [0.2, 0.25) is 5.02 Å². The third-order valence-electron chi connectivity index (χ3n) is 3.67. The van der Waals surface area contributed by atoms with Gasteiger partial charge >= 0.3 is 0 Å². The summed E-state index contributed by atoms with van der Waals surface area (Å²) >= 11 is 6.24. The van der Waals surface area contributed by atoms with Gasteiger partial charge in [-0.1, -0.05) is 22.8 Å². The maximum absolute atomic E-state index is 6.24. The van der Waals surface area contributed by atoms with Crippen LogP contribution in [-0.2, 0) is 6.61 Å². The minimum absolute atomic E-state index is 0.236. The molecule has 1 fully saturated rings. The third kappa shape index (κ3) is 3.36. The molecule has 0 spiro atoms. The van der Waals surface area contributed by atoms with Crippen molar-refractivity contribution in [1.82, 2.24) is 15.5 Å². The van der Waals surface area contributed by atoms with Gasteiger partial charge in [0.2, 0.25) is 0 Å². The zero-order chi connectivity index (χ0) is 14.8. The van der Waals surface area contributed by atoms with Gasteiger partial charge in [0.25, 0.3) is 5.89 Å². The molecule has 112 valence electrons. The molecule has 0 aliphatic heterocycles. The van der Waals surface area contributed by atoms with E-state index in [4.69, 9.17) is 20.9 Å². The lowest BCUT2D eigenvalue weighted by molar-refractivity contribution is 0.242. The molecule has 2 aromatic rings. The fourth-order valence-electron chi connectivity index (χ4n) is 2.04. The lowest BCUT2D eigenvalue weighted by atomic mass is 10.1. The maximum atomic E-state index is 6.24. The van der Waals surface area contributed by atoms with Crippen LogP contribution < -0.4 is 10.1 Å². The van der Waals surface area contributed by atoms with Crippen LogP contribution in [0.1, 0.15) is 49.0 Å². The molecule has 1 aromatic carbocycles. The van der Waals surface area contributed by atoms with Crippen molar-refractivity contribution in [2.24, 2.45) is 0 Å². The Balaban J connectivity index is 1.63. The Bertz CT molecular complexity index is 625. The highest BCUT2D eigenvalue weighted by atomic mass is 35.5. The lowest BCUT2D eigenvalue weighted by Crippen LogP contribution is -2.12. The Morgan fingerprint density at radius 2 is 2.29 bits per heavy atom. The molecule has 1 unspecified atom stereocenters. The highest BCUT2D eigenvalue weighted by Crippen LogP contribution is 2.38. The summed E-state index contributed by atoms with van der Waals surface area (Å²) in [5, 5.41) is 7.71. The van der Waals surface area contributed by atoms with E-state index in [2.05, 4.69) is 22.4 Å². The zero-order valence-corrected chi connectivity index (χ0v) is 12.9. The summed E-state index contributed by atoms with van der Waals surface area (Å²) in [4.78, 5) is 4.32. The minimum Gasteiger partial charge on any atom is -0.482 e. The molecule has 3 rings (SSSR count). The van der Waals surface area contributed by atoms with Gasteiger partial charge in [-0.15, -0.1) is 0 Å². The Morgan fingerprint density at radius 1 is 1.48 bits per heavy atom. The molecule has 1 aliphatic rings. The first kappa shape index (κ1) is 14.4. The van der Waals surface area contributed by atoms with Gasteiger partial charge in [0, 0.05) is 12.0 Å². The molecule has 21 heavy (non-hydrogen) atoms. The average Bonchev–Trinajstić information content (AvgIpc) is 3.24. The number of ether oxygens (including phenoxy) is 1. The second-order valence-corrected chi connectivity index (χ2v) is 5.72. The molecule has 0 radical (unpaired) electrons. The second-order valence-electron chi connectivity index (χ2n) is 5.31. The van der Waals surface area contributed by atoms with Gasteiger partial charge < -0.3 is 14.6 Å². The monoisotopic (exact) mass is 307 g/mol. The number of hydrogen-bond acceptors (Lipinski definition) is 5. The minimum atomic E-state index is 0.236. The van der Waals surface area contributed by atoms with Crippen LogP contribution in [-0.4, -0.2) is 17.2 Å². The Morgan fingerprint density at radius 3 is 2.95 bits per heavy atom. The smallest absolute Gasteiger partial charge is 0.264 e. The van der Waals surface area contributed by atoms with Gasteiger partial charge in [-0.2, -0.15) is 4.98 Å². The number of hydrogen-bond donors (Lipinski definition) is 1. The molecule has 0 bridgehead atoms. The number of nitrogens with zero attached hydrogens (tertiary/aromatic N) is 2. The molecule has 1 heterocycles. The Labute approximate surface area is 128 Å². The van der Waals surface area contributed by atoms with Gasteiger partial charge in [-0.25, -0.2) is 0 Å². The number of nitrogens with one attached hydrogen (secondary N) is 1. The quantitative estimate of drug-likeness (QED) is 0.885. The molecule has 1 atom stereocenters. The van der Waals surface area contributed by atoms with E-state index in [1.165, 1.54) is 0 Å². The zero-order valence-electron chi connectivity index (χ0n) is 12.1. The number of benzene rings is 1. The first-order valence-electron chi connectivity index (χ1n) is 7.09. The maximum Gasteiger partial charge on any atom is 0.264 e. The van der Waals surface area contributed by atoms with E-state index in [1.54, 1.807) is 0 Å². The van der Waals surface area contributed by atoms with Crippen molar-refractivity contribution in [3.63, 3.8) is 0 Å². The van der Waals surface area contributed by atoms with Gasteiger partial charge in [-0.3, -0.25) is 0 Å². The first-order valence-corrected chi connectivity index (χ1v) is 7.47. The highest BCUT2D eigenvalue weighted by Gasteiger charge is 2.28. The fraction of sp³-hybridized carbons (Fsp3) is 0.467. The van der Waals surface area contributed by atoms with Crippen molar-refractivity contribution in [3.05, 3.63) is 40.5 Å². The van der Waals surface area contributed by atoms with E-state index in [0.29, 0.717) is 22.6 Å². The summed E-state index contributed by atoms with van der Waals surface area (Å²) < 4.78 is 10.8. The van der Waals surface area contributed by atoms with Crippen LogP contribution in [0.5, 0.6) is 5.75 Å². The molecule has 1 aliphatic carbocycles. The lowest BCUT2D eigenvalue weighted by Gasteiger charge is -2.12. The van der Waals surface area contributed by atoms with E-state index in [0.717, 1.165) is 24.2 Å². The molecular formula is C15H18ClN3O2. The van der Waals surface area contributed by atoms with Crippen molar-refractivity contribution in [2.75, 3.05) is 7.05 Å². The van der Waals surface area contributed by atoms with Crippen molar-refractivity contribution in [1.29, 1.82) is 0 Å². The van der Waals surface area contributed by atoms with E-state index in [-0.39, 0.29) is 12.6 Å². The van der Waals surface area contributed by atoms with Gasteiger partial charge in [0.1, 0.15) is 5.75 Å². The van der Waals surface area contributed by atoms with E-state index < -0.39 is 0 Å². The number of rotatable bonds is 6. The standard InChI is InChI=1S/C15H18ClN3O2/c1-9(17-2)11-5-6-13(12(16)7-11)20-8-14-18-15(19-21-14)10-3-4-10/h5-7,9-10,17H,3-4,8H2,1-2H3. The second kappa shape index (κ2) is 6.03. The Kier molecular flexibility index (Phi) is 4.12. The molecule has 1 aromatic heterocycles. The van der Waals surface area contributed by atoms with Crippen molar-refractivity contribution in [3.8, 4) is 5.75 Å². The summed E-state index contributed by atoms with van der Waals surface area (Å²) in [6.07, 6.45) is 2.30. The van der Waals surface area contributed by atoms with E-state index in [9.17, 15) is 0 Å². The Hall–Kier alpha value is -1.59. The first-order chi connectivity index (χ1) is 10.2. The molecule has 1 N–H and O–H groups in total. The summed E-state index contributed by atoms with van der Waals surface area (Å²) in [6, 6.07) is 6.00. The normalized spacial score (nSPS) is 16.0. The van der Waals surface area contributed by atoms with Crippen LogP contribution in [0, 0.1) is 0 Å². The third-order valence-corrected chi connectivity index (χ3v) is 3.96. The van der Waals surface area contributed by atoms with Crippen LogP contribution in [0.15, 0.2) is 22.7 Å². The van der Waals surface area contributed by atoms with Crippen molar-refractivity contribution >= 4 is 11.6 Å². The van der Waals surface area contributed by atoms with Crippen LogP contribution in [0.3, 0.4) is 0 Å². The van der Waals surface area contributed by atoms with Crippen LogP contribution >= 0.6 is 11.6 Å². The SMILES string of the molecule is CNC(C)c1ccc(OCc2nc(C3CC3)no2)c(Cl)c1. The molecule has 0 amide bonds. The molecule has 1 saturated carbocycles. The van der Waals surface area contributed by atoms with E-state index in [1.807, 2.05) is 25.2 Å². The predicted octanol–water partition coefficient (Wildman–Crippen LogP) is 3.46. The molecule has 5 nitrogen and oxygen atoms in total. The highest BCUT2D eigenvalue weighted by molar-refractivity contribution is 6.32. The predicted molar refractivity (Wildman–Crippen MR) is 79.5 cm³/mol. The summed E-state index contributed by atoms with van der Waals surface area (Å²) in [6.45, 7) is 2.31. The van der Waals surface area contributed by atoms with Gasteiger partial charge in [0.05, 0.1) is 5.02 Å². The number of halogens is 1. The van der Waals surface area contributed by atoms with Gasteiger partial charge in [-0.05, 0) is 44.5 Å². The summed E-state index contributed by atoms with van der Waals surface area (Å²) in [7, 11) is 1.91. The van der Waals surface area contributed by atoms with Crippen LogP contribution in [0.4, 0.5) is 0 Å². The largest absolute Gasteiger partial charge is 0.482 e. The molecule has 6 heteroatoms. The summed E-state index contributed by atoms with van der Waals surface area (Å²) in [5.41, 5.74) is 1.11. The van der Waals surface area contributed by atoms with Crippen molar-refractivity contribution < 1.29 is 9.26 Å². The van der Waals surface area contributed by atoms with Crippen molar-refractivity contribution in [2.45, 2.75) is 38.3 Å². The number of aromatic nitrogens is 2. The fourth-order valence-corrected chi connectivity index (χ4v) is 2.29. The van der Waals surface area contributed by atoms with E-state index >= 15 is 0 Å². The van der Waals surface area contributed by atoms with Gasteiger partial charge in [0.15, 0.2) is 12.4 Å². The molecular weight excluding hydrogens is 290 g/mol. The topological polar surface area (TPSA) is 60.2 Å².